The van der Waals surface area contributed by atoms with Gasteiger partial charge in [-0.25, -0.2) is 4.39 Å². The van der Waals surface area contributed by atoms with Crippen molar-refractivity contribution in [3.8, 4) is 16.9 Å². The topological polar surface area (TPSA) is 101 Å². The van der Waals surface area contributed by atoms with Crippen molar-refractivity contribution in [3.05, 3.63) is 86.1 Å². The molecule has 0 unspecified atom stereocenters. The summed E-state index contributed by atoms with van der Waals surface area (Å²) in [5.41, 5.74) is 0.984. The maximum atomic E-state index is 15.9. The van der Waals surface area contributed by atoms with Gasteiger partial charge in [0.15, 0.2) is 0 Å². The van der Waals surface area contributed by atoms with Crippen LogP contribution in [0.3, 0.4) is 0 Å². The number of likely N-dealkylation sites (tertiary alicyclic amines) is 1. The lowest BCUT2D eigenvalue weighted by Gasteiger charge is -2.31. The van der Waals surface area contributed by atoms with Gasteiger partial charge in [-0.1, -0.05) is 19.9 Å². The van der Waals surface area contributed by atoms with Gasteiger partial charge in [0.1, 0.15) is 17.6 Å². The summed E-state index contributed by atoms with van der Waals surface area (Å²) in [4.78, 5) is 41.3. The minimum atomic E-state index is -4.77. The van der Waals surface area contributed by atoms with Crippen molar-refractivity contribution in [2.45, 2.75) is 78.6 Å². The van der Waals surface area contributed by atoms with Gasteiger partial charge < -0.3 is 24.6 Å². The van der Waals surface area contributed by atoms with E-state index in [0.717, 1.165) is 47.0 Å². The highest BCUT2D eigenvalue weighted by Crippen LogP contribution is 2.37. The zero-order valence-electron chi connectivity index (χ0n) is 28.1. The van der Waals surface area contributed by atoms with Crippen LogP contribution in [-0.4, -0.2) is 53.2 Å². The van der Waals surface area contributed by atoms with Crippen LogP contribution in [0.2, 0.25) is 0 Å². The summed E-state index contributed by atoms with van der Waals surface area (Å²) in [5, 5.41) is 12.5. The summed E-state index contributed by atoms with van der Waals surface area (Å²) in [6.07, 6.45) is -3.31. The molecular weight excluding hydrogens is 630 g/mol. The van der Waals surface area contributed by atoms with Gasteiger partial charge in [-0.15, -0.1) is 0 Å². The van der Waals surface area contributed by atoms with E-state index >= 15 is 4.39 Å². The molecular formula is C36H43F4N3O5. The third-order valence-electron chi connectivity index (χ3n) is 8.93. The molecule has 8 nitrogen and oxygen atoms in total. The Kier molecular flexibility index (Phi) is 11.4. The molecule has 260 valence electrons. The number of rotatable bonds is 13. The van der Waals surface area contributed by atoms with Crippen molar-refractivity contribution in [2.24, 2.45) is 5.92 Å². The van der Waals surface area contributed by atoms with Gasteiger partial charge in [-0.05, 0) is 111 Å². The Morgan fingerprint density at radius 3 is 2.31 bits per heavy atom. The van der Waals surface area contributed by atoms with E-state index in [1.807, 2.05) is 30.9 Å². The van der Waals surface area contributed by atoms with Crippen LogP contribution in [0.4, 0.5) is 17.6 Å². The van der Waals surface area contributed by atoms with E-state index in [0.29, 0.717) is 23.9 Å². The van der Waals surface area contributed by atoms with E-state index in [9.17, 15) is 32.7 Å². The van der Waals surface area contributed by atoms with Crippen LogP contribution in [0.15, 0.2) is 41.3 Å². The molecule has 3 aromatic rings. The maximum absolute atomic E-state index is 15.9. The number of carboxylic acid groups (broad SMARTS) is 1. The Bertz CT molecular complexity index is 1730. The molecule has 0 spiro atoms. The van der Waals surface area contributed by atoms with Gasteiger partial charge >= 0.3 is 12.1 Å². The minimum Gasteiger partial charge on any atom is -0.496 e. The van der Waals surface area contributed by atoms with E-state index in [2.05, 4.69) is 5.32 Å². The largest absolute Gasteiger partial charge is 0.496 e. The number of methoxy groups -OCH3 is 1. The SMILES string of the molecule is COc1ccc(C)c(-c2cc(C)c(F)c([C@H](CC(=O)O)NC(=O)[C@H](CC(C)C)n3cc(CCN4CCC4)c(C(F)(F)F)cc3=O)c2)c1C. The number of hydrogen-bond donors (Lipinski definition) is 2. The van der Waals surface area contributed by atoms with Gasteiger partial charge in [-0.3, -0.25) is 14.4 Å². The Balaban J connectivity index is 1.78. The summed E-state index contributed by atoms with van der Waals surface area (Å²) in [5.74, 6) is -2.39. The highest BCUT2D eigenvalue weighted by atomic mass is 19.4. The minimum absolute atomic E-state index is 0.0210. The fourth-order valence-corrected chi connectivity index (χ4v) is 6.35. The van der Waals surface area contributed by atoms with Gasteiger partial charge in [0.05, 0.1) is 25.1 Å². The molecule has 2 heterocycles. The van der Waals surface area contributed by atoms with Gasteiger partial charge in [0.25, 0.3) is 5.56 Å². The Morgan fingerprint density at radius 1 is 1.06 bits per heavy atom. The number of carbonyl (C=O) groups is 2. The summed E-state index contributed by atoms with van der Waals surface area (Å²) >= 11 is 0. The standard InChI is InChI=1S/C36H43F4N3O5/c1-20(2)14-29(43-19-24(10-13-42-11-7-12-42)27(17-31(43)44)36(38,39)40)35(47)41-28(18-32(45)46)26-16-25(15-22(4)34(26)37)33-21(3)8-9-30(48-6)23(33)5/h8-9,15-17,19-20,28-29H,7,10-14,18H2,1-6H3,(H,41,47)(H,45,46)/t28-,29-/m0/s1. The van der Waals surface area contributed by atoms with Crippen molar-refractivity contribution >= 4 is 11.9 Å². The fourth-order valence-electron chi connectivity index (χ4n) is 6.35. The van der Waals surface area contributed by atoms with Crippen molar-refractivity contribution in [3.63, 3.8) is 0 Å². The number of nitrogens with one attached hydrogen (secondary N) is 1. The van der Waals surface area contributed by atoms with Crippen molar-refractivity contribution in [2.75, 3.05) is 26.7 Å². The number of hydrogen-bond acceptors (Lipinski definition) is 5. The van der Waals surface area contributed by atoms with Gasteiger partial charge in [0, 0.05) is 24.4 Å². The lowest BCUT2D eigenvalue weighted by atomic mass is 9.90. The first-order valence-corrected chi connectivity index (χ1v) is 16.0. The zero-order chi connectivity index (χ0) is 35.5. The Labute approximate surface area is 277 Å². The van der Waals surface area contributed by atoms with Crippen LogP contribution in [0, 0.1) is 32.5 Å². The third kappa shape index (κ3) is 8.26. The second-order valence-electron chi connectivity index (χ2n) is 13.0. The highest BCUT2D eigenvalue weighted by Gasteiger charge is 2.36. The first-order valence-electron chi connectivity index (χ1n) is 16.0. The van der Waals surface area contributed by atoms with Crippen molar-refractivity contribution < 1.29 is 37.0 Å². The number of halogens is 4. The molecule has 0 radical (unpaired) electrons. The number of carboxylic acids is 1. The number of ether oxygens (including phenoxy) is 1. The molecule has 48 heavy (non-hydrogen) atoms. The lowest BCUT2D eigenvalue weighted by Crippen LogP contribution is -2.41. The number of aromatic nitrogens is 1. The zero-order valence-corrected chi connectivity index (χ0v) is 28.1. The average molecular weight is 674 g/mol. The maximum Gasteiger partial charge on any atom is 0.416 e. The van der Waals surface area contributed by atoms with E-state index in [4.69, 9.17) is 4.74 Å². The molecule has 2 aromatic carbocycles. The van der Waals surface area contributed by atoms with E-state index in [1.54, 1.807) is 19.9 Å². The predicted octanol–water partition coefficient (Wildman–Crippen LogP) is 6.77. The van der Waals surface area contributed by atoms with E-state index < -0.39 is 53.5 Å². The molecule has 1 amide bonds. The number of nitrogens with zero attached hydrogens (tertiary/aromatic N) is 2. The van der Waals surface area contributed by atoms with Crippen LogP contribution >= 0.6 is 0 Å². The Hall–Kier alpha value is -4.19. The van der Waals surface area contributed by atoms with Gasteiger partial charge in [0.2, 0.25) is 5.91 Å². The number of aliphatic carboxylic acids is 1. The van der Waals surface area contributed by atoms with Crippen LogP contribution < -0.4 is 15.6 Å². The van der Waals surface area contributed by atoms with Crippen LogP contribution in [0.1, 0.15) is 78.6 Å². The summed E-state index contributed by atoms with van der Waals surface area (Å²) < 4.78 is 64.4. The molecule has 1 aromatic heterocycles. The second kappa shape index (κ2) is 14.9. The van der Waals surface area contributed by atoms with E-state index in [-0.39, 0.29) is 35.4 Å². The third-order valence-corrected chi connectivity index (χ3v) is 8.93. The van der Waals surface area contributed by atoms with Crippen molar-refractivity contribution in [1.29, 1.82) is 0 Å². The Morgan fingerprint density at radius 2 is 1.75 bits per heavy atom. The quantitative estimate of drug-likeness (QED) is 0.194. The average Bonchev–Trinajstić information content (AvgIpc) is 2.96. The molecule has 2 atom stereocenters. The first-order chi connectivity index (χ1) is 22.5. The number of pyridine rings is 1. The predicted molar refractivity (Wildman–Crippen MR) is 175 cm³/mol. The fraction of sp³-hybridized carbons (Fsp3) is 0.472. The van der Waals surface area contributed by atoms with Crippen molar-refractivity contribution in [1.82, 2.24) is 14.8 Å². The lowest BCUT2D eigenvalue weighted by molar-refractivity contribution is -0.139. The van der Waals surface area contributed by atoms with Crippen LogP contribution in [0.25, 0.3) is 11.1 Å². The molecule has 1 fully saturated rings. The summed E-state index contributed by atoms with van der Waals surface area (Å²) in [6.45, 7) is 10.8. The van der Waals surface area contributed by atoms with E-state index in [1.165, 1.54) is 20.1 Å². The van der Waals surface area contributed by atoms with Crippen LogP contribution in [0.5, 0.6) is 5.75 Å². The highest BCUT2D eigenvalue weighted by molar-refractivity contribution is 5.82. The first kappa shape index (κ1) is 36.6. The molecule has 0 bridgehead atoms. The molecule has 0 aliphatic carbocycles. The number of aryl methyl sites for hydroxylation is 2. The molecule has 4 rings (SSSR count). The molecule has 12 heteroatoms. The van der Waals surface area contributed by atoms with Crippen LogP contribution in [-0.2, 0) is 22.2 Å². The summed E-state index contributed by atoms with van der Waals surface area (Å²) in [7, 11) is 1.53. The number of carbonyl (C=O) groups excluding carboxylic acids is 1. The molecule has 1 aliphatic rings. The smallest absolute Gasteiger partial charge is 0.416 e. The summed E-state index contributed by atoms with van der Waals surface area (Å²) in [6, 6.07) is 4.68. The van der Waals surface area contributed by atoms with Gasteiger partial charge in [-0.2, -0.15) is 13.2 Å². The number of benzene rings is 2. The molecule has 0 saturated carbocycles. The number of amides is 1. The molecule has 1 aliphatic heterocycles. The second-order valence-corrected chi connectivity index (χ2v) is 13.0. The molecule has 2 N–H and O–H groups in total. The molecule has 1 saturated heterocycles. The number of alkyl halides is 3. The monoisotopic (exact) mass is 673 g/mol. The normalized spacial score (nSPS) is 14.8.